The van der Waals surface area contributed by atoms with Gasteiger partial charge in [0.05, 0.1) is 6.61 Å². The van der Waals surface area contributed by atoms with E-state index in [1.165, 1.54) is 0 Å². The summed E-state index contributed by atoms with van der Waals surface area (Å²) in [5, 5.41) is 8.89. The maximum absolute atomic E-state index is 11.2. The monoisotopic (exact) mass is 304 g/mol. The van der Waals surface area contributed by atoms with Crippen molar-refractivity contribution in [2.24, 2.45) is 0 Å². The Morgan fingerprint density at radius 1 is 1.28 bits per heavy atom. The van der Waals surface area contributed by atoms with Crippen LogP contribution in [-0.2, 0) is 45.4 Å². The highest BCUT2D eigenvalue weighted by molar-refractivity contribution is 7.74. The SMILES string of the molecule is O=C1O[C@H]([C@H](CO)OS(=O)O)C(OS(=O)O)C1=O. The highest BCUT2D eigenvalue weighted by atomic mass is 32.2. The lowest BCUT2D eigenvalue weighted by atomic mass is 10.1. The van der Waals surface area contributed by atoms with Crippen LogP contribution < -0.4 is 0 Å². The molecule has 18 heavy (non-hydrogen) atoms. The molecular formula is C6H8O10S2. The van der Waals surface area contributed by atoms with Crippen molar-refractivity contribution in [3.8, 4) is 0 Å². The number of cyclic esters (lactones) is 1. The molecule has 0 aromatic heterocycles. The average molecular weight is 304 g/mol. The van der Waals surface area contributed by atoms with Gasteiger partial charge < -0.3 is 9.84 Å². The quantitative estimate of drug-likeness (QED) is 0.272. The van der Waals surface area contributed by atoms with Gasteiger partial charge in [0.2, 0.25) is 0 Å². The Bertz CT molecular complexity index is 394. The lowest BCUT2D eigenvalue weighted by Crippen LogP contribution is -2.43. The second-order valence-corrected chi connectivity index (χ2v) is 4.26. The minimum Gasteiger partial charge on any atom is -0.450 e. The fourth-order valence-corrected chi connectivity index (χ4v) is 2.02. The fraction of sp³-hybridized carbons (Fsp3) is 0.667. The molecule has 1 saturated heterocycles. The Labute approximate surface area is 105 Å². The van der Waals surface area contributed by atoms with E-state index < -0.39 is 59.4 Å². The summed E-state index contributed by atoms with van der Waals surface area (Å²) in [5.41, 5.74) is 0. The molecule has 1 fully saturated rings. The topological polar surface area (TPSA) is 157 Å². The van der Waals surface area contributed by atoms with Crippen molar-refractivity contribution in [2.75, 3.05) is 6.61 Å². The molecule has 0 amide bonds. The number of aliphatic hydroxyl groups excluding tert-OH is 1. The average Bonchev–Trinajstić information content (AvgIpc) is 2.53. The van der Waals surface area contributed by atoms with Gasteiger partial charge >= 0.3 is 28.7 Å². The van der Waals surface area contributed by atoms with E-state index in [-0.39, 0.29) is 0 Å². The van der Waals surface area contributed by atoms with Crippen LogP contribution in [0.5, 0.6) is 0 Å². The van der Waals surface area contributed by atoms with Crippen molar-refractivity contribution in [2.45, 2.75) is 18.3 Å². The predicted molar refractivity (Wildman–Crippen MR) is 53.3 cm³/mol. The first-order valence-electron chi connectivity index (χ1n) is 4.28. The van der Waals surface area contributed by atoms with Gasteiger partial charge in [-0.2, -0.15) is 8.42 Å². The first-order chi connectivity index (χ1) is 8.36. The number of ether oxygens (including phenoxy) is 1. The van der Waals surface area contributed by atoms with Crippen LogP contribution in [0.3, 0.4) is 0 Å². The molecule has 0 bridgehead atoms. The van der Waals surface area contributed by atoms with Crippen LogP contribution in [0.15, 0.2) is 0 Å². The normalized spacial score (nSPS) is 28.8. The van der Waals surface area contributed by atoms with Crippen LogP contribution in [0.4, 0.5) is 0 Å². The summed E-state index contributed by atoms with van der Waals surface area (Å²) >= 11 is -5.67. The van der Waals surface area contributed by atoms with Gasteiger partial charge in [-0.3, -0.25) is 22.3 Å². The van der Waals surface area contributed by atoms with Gasteiger partial charge in [0, 0.05) is 0 Å². The molecule has 0 radical (unpaired) electrons. The molecule has 0 aromatic rings. The van der Waals surface area contributed by atoms with Crippen molar-refractivity contribution < 1.29 is 45.3 Å². The Kier molecular flexibility index (Phi) is 5.46. The maximum atomic E-state index is 11.2. The standard InChI is InChI=1S/C6H8O10S2/c7-1-2(15-17(10)11)4-5(16-18(12)13)3(8)6(9)14-4/h2,4-5,7H,1H2,(H,10,11)(H,12,13)/t2-,4+,5?/m0/s1. The molecule has 10 nitrogen and oxygen atoms in total. The molecule has 1 aliphatic rings. The molecule has 1 heterocycles. The zero-order valence-corrected chi connectivity index (χ0v) is 10.1. The van der Waals surface area contributed by atoms with Crippen LogP contribution in [0.2, 0.25) is 0 Å². The van der Waals surface area contributed by atoms with Crippen LogP contribution >= 0.6 is 0 Å². The van der Waals surface area contributed by atoms with Crippen molar-refractivity contribution in [3.63, 3.8) is 0 Å². The maximum Gasteiger partial charge on any atom is 0.378 e. The molecular weight excluding hydrogens is 296 g/mol. The summed E-state index contributed by atoms with van der Waals surface area (Å²) < 4.78 is 50.8. The molecule has 1 aliphatic heterocycles. The van der Waals surface area contributed by atoms with E-state index in [9.17, 15) is 18.0 Å². The lowest BCUT2D eigenvalue weighted by molar-refractivity contribution is -0.151. The highest BCUT2D eigenvalue weighted by Crippen LogP contribution is 2.21. The molecule has 1 rings (SSSR count). The fourth-order valence-electron chi connectivity index (χ4n) is 1.26. The molecule has 104 valence electrons. The molecule has 0 saturated carbocycles. The number of esters is 1. The Morgan fingerprint density at radius 2 is 1.89 bits per heavy atom. The highest BCUT2D eigenvalue weighted by Gasteiger charge is 2.50. The van der Waals surface area contributed by atoms with E-state index in [1.54, 1.807) is 0 Å². The van der Waals surface area contributed by atoms with Gasteiger partial charge in [-0.1, -0.05) is 0 Å². The van der Waals surface area contributed by atoms with Crippen LogP contribution in [-0.4, -0.2) is 59.3 Å². The molecule has 3 N–H and O–H groups in total. The lowest BCUT2D eigenvalue weighted by Gasteiger charge is -2.21. The summed E-state index contributed by atoms with van der Waals surface area (Å²) in [6.07, 6.45) is -4.95. The van der Waals surface area contributed by atoms with E-state index in [1.807, 2.05) is 0 Å². The summed E-state index contributed by atoms with van der Waals surface area (Å²) in [6.45, 7) is -0.880. The van der Waals surface area contributed by atoms with Crippen LogP contribution in [0, 0.1) is 0 Å². The summed E-state index contributed by atoms with van der Waals surface area (Å²) in [6, 6.07) is 0. The van der Waals surface area contributed by atoms with Crippen molar-refractivity contribution >= 4 is 34.5 Å². The summed E-state index contributed by atoms with van der Waals surface area (Å²) in [5.74, 6) is -2.62. The molecule has 12 heteroatoms. The third-order valence-electron chi connectivity index (χ3n) is 1.94. The first kappa shape index (κ1) is 15.3. The van der Waals surface area contributed by atoms with Crippen molar-refractivity contribution in [1.29, 1.82) is 0 Å². The zero-order valence-electron chi connectivity index (χ0n) is 8.46. The van der Waals surface area contributed by atoms with Crippen molar-refractivity contribution in [3.05, 3.63) is 0 Å². The molecule has 3 unspecified atom stereocenters. The number of Topliss-reactive ketones (excluding diaryl/α,β-unsaturated/α-hetero) is 1. The second kappa shape index (κ2) is 6.42. The third kappa shape index (κ3) is 3.61. The van der Waals surface area contributed by atoms with Gasteiger partial charge in [0.15, 0.2) is 12.2 Å². The van der Waals surface area contributed by atoms with Gasteiger partial charge in [-0.15, -0.1) is 0 Å². The number of carbonyl (C=O) groups excluding carboxylic acids is 2. The number of hydrogen-bond donors (Lipinski definition) is 3. The smallest absolute Gasteiger partial charge is 0.378 e. The Balaban J connectivity index is 2.89. The first-order valence-corrected chi connectivity index (χ1v) is 6.34. The number of aliphatic hydroxyl groups is 1. The van der Waals surface area contributed by atoms with E-state index in [0.29, 0.717) is 0 Å². The zero-order chi connectivity index (χ0) is 13.9. The number of ketones is 1. The Hall–Kier alpha value is -0.760. The van der Waals surface area contributed by atoms with Crippen LogP contribution in [0.25, 0.3) is 0 Å². The van der Waals surface area contributed by atoms with E-state index in [4.69, 9.17) is 14.2 Å². The van der Waals surface area contributed by atoms with Gasteiger partial charge in [-0.05, 0) is 0 Å². The number of rotatable bonds is 6. The third-order valence-corrected chi connectivity index (χ3v) is 2.72. The van der Waals surface area contributed by atoms with E-state index >= 15 is 0 Å². The van der Waals surface area contributed by atoms with Crippen LogP contribution in [0.1, 0.15) is 0 Å². The van der Waals surface area contributed by atoms with E-state index in [2.05, 4.69) is 13.1 Å². The molecule has 0 spiro atoms. The summed E-state index contributed by atoms with van der Waals surface area (Å²) in [7, 11) is 0. The number of carbonyl (C=O) groups is 2. The van der Waals surface area contributed by atoms with E-state index in [0.717, 1.165) is 0 Å². The minimum atomic E-state index is -2.87. The predicted octanol–water partition coefficient (Wildman–Crippen LogP) is -2.48. The minimum absolute atomic E-state index is 0.880. The largest absolute Gasteiger partial charge is 0.450 e. The Morgan fingerprint density at radius 3 is 2.33 bits per heavy atom. The molecule has 5 atom stereocenters. The van der Waals surface area contributed by atoms with Gasteiger partial charge in [0.1, 0.15) is 6.10 Å². The van der Waals surface area contributed by atoms with Crippen molar-refractivity contribution in [1.82, 2.24) is 0 Å². The number of hydrogen-bond acceptors (Lipinski definition) is 8. The van der Waals surface area contributed by atoms with Gasteiger partial charge in [0.25, 0.3) is 5.78 Å². The van der Waals surface area contributed by atoms with Gasteiger partial charge in [-0.25, -0.2) is 4.79 Å². The summed E-state index contributed by atoms with van der Waals surface area (Å²) in [4.78, 5) is 22.2. The second-order valence-electron chi connectivity index (χ2n) is 3.00. The molecule has 0 aromatic carbocycles. The molecule has 0 aliphatic carbocycles.